The highest BCUT2D eigenvalue weighted by Gasteiger charge is 2.13. The Hall–Kier alpha value is -2.60. The van der Waals surface area contributed by atoms with Gasteiger partial charge in [-0.2, -0.15) is 0 Å². The summed E-state index contributed by atoms with van der Waals surface area (Å²) in [5.41, 5.74) is 1.83. The summed E-state index contributed by atoms with van der Waals surface area (Å²) in [6.07, 6.45) is 0.986. The Morgan fingerprint density at radius 1 is 1.00 bits per heavy atom. The molecule has 0 aliphatic heterocycles. The van der Waals surface area contributed by atoms with Crippen LogP contribution in [-0.2, 0) is 11.3 Å². The van der Waals surface area contributed by atoms with Crippen LogP contribution in [0.2, 0.25) is 5.02 Å². The lowest BCUT2D eigenvalue weighted by Crippen LogP contribution is -2.23. The Kier molecular flexibility index (Phi) is 8.26. The maximum Gasteiger partial charge on any atom is 0.220 e. The Morgan fingerprint density at radius 3 is 2.25 bits per heavy atom. The van der Waals surface area contributed by atoms with Crippen molar-refractivity contribution in [2.75, 3.05) is 27.9 Å². The van der Waals surface area contributed by atoms with Crippen molar-refractivity contribution in [2.24, 2.45) is 0 Å². The van der Waals surface area contributed by atoms with Crippen LogP contribution in [0.25, 0.3) is 0 Å². The molecule has 0 aromatic heterocycles. The van der Waals surface area contributed by atoms with Crippen molar-refractivity contribution in [3.05, 3.63) is 46.5 Å². The molecule has 2 rings (SSSR count). The van der Waals surface area contributed by atoms with Gasteiger partial charge in [-0.05, 0) is 54.8 Å². The van der Waals surface area contributed by atoms with Gasteiger partial charge in [-0.1, -0.05) is 11.6 Å². The average molecular weight is 408 g/mol. The zero-order valence-corrected chi connectivity index (χ0v) is 17.4. The minimum Gasteiger partial charge on any atom is -0.493 e. The molecule has 2 aromatic rings. The lowest BCUT2D eigenvalue weighted by atomic mass is 10.1. The number of hydrogen-bond acceptors (Lipinski definition) is 5. The molecule has 1 N–H and O–H groups in total. The van der Waals surface area contributed by atoms with Gasteiger partial charge in [0, 0.05) is 18.0 Å². The summed E-state index contributed by atoms with van der Waals surface area (Å²) in [5, 5.41) is 3.57. The number of aryl methyl sites for hydroxylation is 1. The van der Waals surface area contributed by atoms with Crippen LogP contribution in [0.4, 0.5) is 0 Å². The standard InChI is InChI=1S/C21H26ClNO5/c1-14-10-16(22)7-8-17(14)28-9-5-6-20(24)23-13-15-11-18(25-2)21(27-4)19(12-15)26-3/h7-8,10-12H,5-6,9,13H2,1-4H3,(H,23,24). The average Bonchev–Trinajstić information content (AvgIpc) is 2.69. The van der Waals surface area contributed by atoms with Crippen LogP contribution in [0, 0.1) is 6.92 Å². The van der Waals surface area contributed by atoms with Crippen LogP contribution in [0.5, 0.6) is 23.0 Å². The number of methoxy groups -OCH3 is 3. The van der Waals surface area contributed by atoms with Crippen LogP contribution in [0.1, 0.15) is 24.0 Å². The van der Waals surface area contributed by atoms with E-state index in [-0.39, 0.29) is 5.91 Å². The number of benzene rings is 2. The molecule has 6 nitrogen and oxygen atoms in total. The van der Waals surface area contributed by atoms with Gasteiger partial charge >= 0.3 is 0 Å². The third-order valence-corrected chi connectivity index (χ3v) is 4.39. The van der Waals surface area contributed by atoms with Gasteiger partial charge in [0.2, 0.25) is 11.7 Å². The van der Waals surface area contributed by atoms with Gasteiger partial charge in [0.05, 0.1) is 27.9 Å². The fourth-order valence-corrected chi connectivity index (χ4v) is 2.94. The number of nitrogens with one attached hydrogen (secondary N) is 1. The summed E-state index contributed by atoms with van der Waals surface area (Å²) in [6, 6.07) is 9.10. The van der Waals surface area contributed by atoms with E-state index in [1.807, 2.05) is 31.2 Å². The first-order chi connectivity index (χ1) is 13.5. The van der Waals surface area contributed by atoms with Crippen molar-refractivity contribution in [2.45, 2.75) is 26.3 Å². The quantitative estimate of drug-likeness (QED) is 0.599. The second-order valence-electron chi connectivity index (χ2n) is 6.17. The van der Waals surface area contributed by atoms with Gasteiger partial charge in [0.15, 0.2) is 11.5 Å². The van der Waals surface area contributed by atoms with Crippen LogP contribution in [-0.4, -0.2) is 33.8 Å². The lowest BCUT2D eigenvalue weighted by molar-refractivity contribution is -0.121. The van der Waals surface area contributed by atoms with E-state index >= 15 is 0 Å². The molecule has 7 heteroatoms. The van der Waals surface area contributed by atoms with E-state index < -0.39 is 0 Å². The van der Waals surface area contributed by atoms with Crippen LogP contribution in [0.3, 0.4) is 0 Å². The van der Waals surface area contributed by atoms with Gasteiger partial charge in [0.1, 0.15) is 5.75 Å². The summed E-state index contributed by atoms with van der Waals surface area (Å²) in [5.74, 6) is 2.36. The second-order valence-corrected chi connectivity index (χ2v) is 6.61. The molecule has 0 atom stereocenters. The summed E-state index contributed by atoms with van der Waals surface area (Å²) < 4.78 is 21.6. The van der Waals surface area contributed by atoms with Gasteiger partial charge in [-0.15, -0.1) is 0 Å². The van der Waals surface area contributed by atoms with Crippen molar-refractivity contribution >= 4 is 17.5 Å². The maximum absolute atomic E-state index is 12.1. The van der Waals surface area contributed by atoms with E-state index in [0.717, 1.165) is 16.9 Å². The molecule has 2 aromatic carbocycles. The summed E-state index contributed by atoms with van der Waals surface area (Å²) in [4.78, 5) is 12.1. The molecule has 1 amide bonds. The highest BCUT2D eigenvalue weighted by Crippen LogP contribution is 2.38. The van der Waals surface area contributed by atoms with Gasteiger partial charge in [0.25, 0.3) is 0 Å². The van der Waals surface area contributed by atoms with E-state index in [1.54, 1.807) is 27.4 Å². The van der Waals surface area contributed by atoms with Crippen molar-refractivity contribution in [1.29, 1.82) is 0 Å². The normalized spacial score (nSPS) is 10.3. The smallest absolute Gasteiger partial charge is 0.220 e. The van der Waals surface area contributed by atoms with Crippen molar-refractivity contribution in [3.63, 3.8) is 0 Å². The topological polar surface area (TPSA) is 66.0 Å². The fraction of sp³-hybridized carbons (Fsp3) is 0.381. The van der Waals surface area contributed by atoms with Crippen LogP contribution < -0.4 is 24.3 Å². The molecular weight excluding hydrogens is 382 g/mol. The minimum atomic E-state index is -0.0508. The van der Waals surface area contributed by atoms with Crippen LogP contribution >= 0.6 is 11.6 Å². The van der Waals surface area contributed by atoms with Gasteiger partial charge in [-0.25, -0.2) is 0 Å². The molecule has 0 radical (unpaired) electrons. The molecule has 0 saturated heterocycles. The monoisotopic (exact) mass is 407 g/mol. The van der Waals surface area contributed by atoms with Gasteiger partial charge < -0.3 is 24.3 Å². The van der Waals surface area contributed by atoms with E-state index in [0.29, 0.717) is 48.3 Å². The molecule has 0 unspecified atom stereocenters. The SMILES string of the molecule is COc1cc(CNC(=O)CCCOc2ccc(Cl)cc2C)cc(OC)c1OC. The predicted octanol–water partition coefficient (Wildman–Crippen LogP) is 4.15. The van der Waals surface area contributed by atoms with Crippen LogP contribution in [0.15, 0.2) is 30.3 Å². The minimum absolute atomic E-state index is 0.0508. The third kappa shape index (κ3) is 5.96. The number of halogens is 1. The highest BCUT2D eigenvalue weighted by atomic mass is 35.5. The van der Waals surface area contributed by atoms with Gasteiger partial charge in [-0.3, -0.25) is 4.79 Å². The first-order valence-corrected chi connectivity index (χ1v) is 9.30. The molecule has 0 fully saturated rings. The Morgan fingerprint density at radius 2 is 1.68 bits per heavy atom. The number of carbonyl (C=O) groups is 1. The van der Waals surface area contributed by atoms with E-state index in [9.17, 15) is 4.79 Å². The summed E-state index contributed by atoms with van der Waals surface area (Å²) in [6.45, 7) is 2.76. The second kappa shape index (κ2) is 10.7. The third-order valence-electron chi connectivity index (χ3n) is 4.16. The molecule has 152 valence electrons. The van der Waals surface area contributed by atoms with Crippen molar-refractivity contribution in [1.82, 2.24) is 5.32 Å². The summed E-state index contributed by atoms with van der Waals surface area (Å²) >= 11 is 5.93. The molecule has 0 spiro atoms. The highest BCUT2D eigenvalue weighted by molar-refractivity contribution is 6.30. The fourth-order valence-electron chi connectivity index (χ4n) is 2.72. The van der Waals surface area contributed by atoms with Crippen molar-refractivity contribution in [3.8, 4) is 23.0 Å². The molecule has 0 aliphatic rings. The molecule has 28 heavy (non-hydrogen) atoms. The number of amides is 1. The largest absolute Gasteiger partial charge is 0.493 e. The Labute approximate surface area is 170 Å². The Balaban J connectivity index is 1.80. The van der Waals surface area contributed by atoms with Crippen molar-refractivity contribution < 1.29 is 23.7 Å². The first-order valence-electron chi connectivity index (χ1n) is 8.93. The Bertz CT molecular complexity index is 784. The number of carbonyl (C=O) groups excluding carboxylic acids is 1. The summed E-state index contributed by atoms with van der Waals surface area (Å²) in [7, 11) is 4.67. The first kappa shape index (κ1) is 21.7. The number of hydrogen-bond donors (Lipinski definition) is 1. The van der Waals surface area contributed by atoms with E-state index in [4.69, 9.17) is 30.5 Å². The molecule has 0 saturated carbocycles. The van der Waals surface area contributed by atoms with E-state index in [2.05, 4.69) is 5.32 Å². The molecule has 0 aliphatic carbocycles. The lowest BCUT2D eigenvalue weighted by Gasteiger charge is -2.14. The molecular formula is C21H26ClNO5. The molecule has 0 heterocycles. The predicted molar refractivity (Wildman–Crippen MR) is 109 cm³/mol. The number of rotatable bonds is 10. The number of ether oxygens (including phenoxy) is 4. The molecule has 0 bridgehead atoms. The zero-order valence-electron chi connectivity index (χ0n) is 16.6. The van der Waals surface area contributed by atoms with E-state index in [1.165, 1.54) is 0 Å². The maximum atomic E-state index is 12.1. The zero-order chi connectivity index (χ0) is 20.5.